The molecule has 2 rings (SSSR count). The summed E-state index contributed by atoms with van der Waals surface area (Å²) in [4.78, 5) is 0. The smallest absolute Gasteiger partial charge is 0.0607 e. The maximum Gasteiger partial charge on any atom is 0.0607 e. The van der Waals surface area contributed by atoms with Crippen LogP contribution in [0.3, 0.4) is 0 Å². The van der Waals surface area contributed by atoms with Crippen molar-refractivity contribution in [2.45, 2.75) is 5.33 Å². The molecule has 0 N–H and O–H groups in total. The zero-order chi connectivity index (χ0) is 13.3. The van der Waals surface area contributed by atoms with Crippen LogP contribution < -0.4 is 0 Å². The van der Waals surface area contributed by atoms with Crippen molar-refractivity contribution >= 4 is 62.3 Å². The summed E-state index contributed by atoms with van der Waals surface area (Å²) >= 11 is 27.6. The lowest BCUT2D eigenvalue weighted by atomic mass is 10.0. The van der Waals surface area contributed by atoms with E-state index in [0.717, 1.165) is 16.7 Å². The maximum atomic E-state index is 6.18. The lowest BCUT2D eigenvalue weighted by molar-refractivity contribution is 1.43. The van der Waals surface area contributed by atoms with E-state index in [4.69, 9.17) is 46.4 Å². The Morgan fingerprint density at radius 1 is 0.778 bits per heavy atom. The molecule has 0 atom stereocenters. The van der Waals surface area contributed by atoms with Crippen molar-refractivity contribution in [2.24, 2.45) is 0 Å². The molecule has 0 aliphatic rings. The van der Waals surface area contributed by atoms with Gasteiger partial charge in [-0.3, -0.25) is 0 Å². The lowest BCUT2D eigenvalue weighted by Crippen LogP contribution is -1.85. The van der Waals surface area contributed by atoms with Crippen LogP contribution in [0.1, 0.15) is 5.56 Å². The van der Waals surface area contributed by atoms with Crippen molar-refractivity contribution in [1.29, 1.82) is 0 Å². The Balaban J connectivity index is 2.58. The summed E-state index contributed by atoms with van der Waals surface area (Å²) in [5.74, 6) is 0. The Morgan fingerprint density at radius 3 is 2.11 bits per heavy atom. The first-order valence-electron chi connectivity index (χ1n) is 5.02. The molecule has 0 bridgehead atoms. The molecule has 0 aromatic heterocycles. The van der Waals surface area contributed by atoms with Gasteiger partial charge in [-0.2, -0.15) is 0 Å². The monoisotopic (exact) mass is 382 g/mol. The highest BCUT2D eigenvalue weighted by Crippen LogP contribution is 2.36. The van der Waals surface area contributed by atoms with Gasteiger partial charge in [0.05, 0.1) is 10.0 Å². The van der Waals surface area contributed by atoms with Crippen molar-refractivity contribution in [3.05, 3.63) is 56.0 Å². The van der Waals surface area contributed by atoms with E-state index in [2.05, 4.69) is 15.9 Å². The molecule has 5 heteroatoms. The van der Waals surface area contributed by atoms with E-state index in [1.54, 1.807) is 12.1 Å². The molecule has 0 saturated carbocycles. The number of hydrogen-bond donors (Lipinski definition) is 0. The SMILES string of the molecule is Clc1cc(Cl)c(-c2ccc(Cl)c(CBr)c2)cc1Cl. The highest BCUT2D eigenvalue weighted by molar-refractivity contribution is 9.08. The van der Waals surface area contributed by atoms with Crippen molar-refractivity contribution in [3.8, 4) is 11.1 Å². The summed E-state index contributed by atoms with van der Waals surface area (Å²) in [7, 11) is 0. The van der Waals surface area contributed by atoms with Gasteiger partial charge < -0.3 is 0 Å². The Morgan fingerprint density at radius 2 is 1.44 bits per heavy atom. The number of rotatable bonds is 2. The maximum absolute atomic E-state index is 6.18. The fourth-order valence-electron chi connectivity index (χ4n) is 1.59. The molecule has 0 saturated heterocycles. The predicted molar refractivity (Wildman–Crippen MR) is 84.5 cm³/mol. The normalized spacial score (nSPS) is 10.7. The molecule has 0 nitrogen and oxygen atoms in total. The Bertz CT molecular complexity index is 596. The minimum Gasteiger partial charge on any atom is -0.0876 e. The molecule has 0 radical (unpaired) electrons. The van der Waals surface area contributed by atoms with Crippen molar-refractivity contribution in [2.75, 3.05) is 0 Å². The van der Waals surface area contributed by atoms with E-state index in [1.165, 1.54) is 0 Å². The van der Waals surface area contributed by atoms with Gasteiger partial charge in [0.15, 0.2) is 0 Å². The summed E-state index contributed by atoms with van der Waals surface area (Å²) in [6.07, 6.45) is 0. The van der Waals surface area contributed by atoms with Crippen LogP contribution in [0.2, 0.25) is 20.1 Å². The molecule has 2 aromatic rings. The number of halogens is 5. The molecule has 0 aliphatic heterocycles. The summed E-state index contributed by atoms with van der Waals surface area (Å²) < 4.78 is 0. The molecule has 0 aliphatic carbocycles. The number of alkyl halides is 1. The molecular formula is C13H7BrCl4. The van der Waals surface area contributed by atoms with Gasteiger partial charge in [-0.25, -0.2) is 0 Å². The lowest BCUT2D eigenvalue weighted by Gasteiger charge is -2.09. The molecule has 18 heavy (non-hydrogen) atoms. The van der Waals surface area contributed by atoms with Gasteiger partial charge >= 0.3 is 0 Å². The van der Waals surface area contributed by atoms with E-state index in [-0.39, 0.29) is 0 Å². The second-order valence-electron chi connectivity index (χ2n) is 3.69. The van der Waals surface area contributed by atoms with E-state index < -0.39 is 0 Å². The third kappa shape index (κ3) is 2.97. The minimum atomic E-state index is 0.445. The summed E-state index contributed by atoms with van der Waals surface area (Å²) in [5, 5.41) is 2.88. The molecule has 2 aromatic carbocycles. The van der Waals surface area contributed by atoms with Crippen LogP contribution in [0.5, 0.6) is 0 Å². The summed E-state index contributed by atoms with van der Waals surface area (Å²) in [5.41, 5.74) is 2.79. The molecule has 94 valence electrons. The van der Waals surface area contributed by atoms with Gasteiger partial charge in [-0.15, -0.1) is 0 Å². The first-order valence-corrected chi connectivity index (χ1v) is 7.65. The van der Waals surface area contributed by atoms with E-state index in [9.17, 15) is 0 Å². The molecule has 0 heterocycles. The third-order valence-corrected chi connectivity index (χ3v) is 4.52. The zero-order valence-electron chi connectivity index (χ0n) is 8.98. The standard InChI is InChI=1S/C13H7BrCl4/c14-6-8-3-7(1-2-10(8)15)9-4-12(17)13(18)5-11(9)16/h1-5H,6H2. The van der Waals surface area contributed by atoms with Gasteiger partial charge in [0.2, 0.25) is 0 Å². The number of hydrogen-bond acceptors (Lipinski definition) is 0. The quantitative estimate of drug-likeness (QED) is 0.391. The molecule has 0 unspecified atom stereocenters. The van der Waals surface area contributed by atoms with Crippen LogP contribution in [0.4, 0.5) is 0 Å². The molecular weight excluding hydrogens is 378 g/mol. The van der Waals surface area contributed by atoms with E-state index in [1.807, 2.05) is 18.2 Å². The Labute approximate surface area is 134 Å². The third-order valence-electron chi connectivity index (χ3n) is 2.51. The van der Waals surface area contributed by atoms with Crippen LogP contribution >= 0.6 is 62.3 Å². The summed E-state index contributed by atoms with van der Waals surface area (Å²) in [6.45, 7) is 0. The Kier molecular flexibility index (Phi) is 4.85. The molecule has 0 fully saturated rings. The van der Waals surface area contributed by atoms with Crippen LogP contribution in [0.25, 0.3) is 11.1 Å². The second kappa shape index (κ2) is 6.02. The minimum absolute atomic E-state index is 0.445. The highest BCUT2D eigenvalue weighted by atomic mass is 79.9. The van der Waals surface area contributed by atoms with Crippen LogP contribution in [-0.4, -0.2) is 0 Å². The van der Waals surface area contributed by atoms with Gasteiger partial charge in [-0.1, -0.05) is 68.4 Å². The first kappa shape index (κ1) is 14.5. The highest BCUT2D eigenvalue weighted by Gasteiger charge is 2.09. The first-order chi connectivity index (χ1) is 8.52. The largest absolute Gasteiger partial charge is 0.0876 e. The molecule has 0 amide bonds. The van der Waals surface area contributed by atoms with Crippen molar-refractivity contribution in [3.63, 3.8) is 0 Å². The predicted octanol–water partition coefficient (Wildman–Crippen LogP) is 6.86. The summed E-state index contributed by atoms with van der Waals surface area (Å²) in [6, 6.07) is 9.12. The van der Waals surface area contributed by atoms with Crippen LogP contribution in [-0.2, 0) is 5.33 Å². The fourth-order valence-corrected chi connectivity index (χ4v) is 3.05. The molecule has 0 spiro atoms. The van der Waals surface area contributed by atoms with Crippen molar-refractivity contribution < 1.29 is 0 Å². The van der Waals surface area contributed by atoms with Crippen LogP contribution in [0.15, 0.2) is 30.3 Å². The van der Waals surface area contributed by atoms with Gasteiger partial charge in [0, 0.05) is 20.9 Å². The second-order valence-corrected chi connectivity index (χ2v) is 5.88. The van der Waals surface area contributed by atoms with E-state index in [0.29, 0.717) is 25.4 Å². The topological polar surface area (TPSA) is 0 Å². The van der Waals surface area contributed by atoms with Crippen molar-refractivity contribution in [1.82, 2.24) is 0 Å². The number of benzene rings is 2. The van der Waals surface area contributed by atoms with Crippen LogP contribution in [0, 0.1) is 0 Å². The van der Waals surface area contributed by atoms with E-state index >= 15 is 0 Å². The average Bonchev–Trinajstić information content (AvgIpc) is 2.35. The zero-order valence-corrected chi connectivity index (χ0v) is 13.6. The fraction of sp³-hybridized carbons (Fsp3) is 0.0769. The van der Waals surface area contributed by atoms with Gasteiger partial charge in [0.25, 0.3) is 0 Å². The van der Waals surface area contributed by atoms with Gasteiger partial charge in [0.1, 0.15) is 0 Å². The average molecular weight is 385 g/mol. The van der Waals surface area contributed by atoms with Gasteiger partial charge in [-0.05, 0) is 35.4 Å². The Hall–Kier alpha value is 0.0800.